The fourth-order valence-corrected chi connectivity index (χ4v) is 1.43. The van der Waals surface area contributed by atoms with Gasteiger partial charge in [0.1, 0.15) is 0 Å². The van der Waals surface area contributed by atoms with Gasteiger partial charge in [-0.2, -0.15) is 0 Å². The van der Waals surface area contributed by atoms with Crippen LogP contribution in [0.5, 0.6) is 0 Å². The summed E-state index contributed by atoms with van der Waals surface area (Å²) in [7, 11) is 1.42. The van der Waals surface area contributed by atoms with Crippen molar-refractivity contribution >= 4 is 29.7 Å². The third-order valence-electron chi connectivity index (χ3n) is 1.59. The number of imide groups is 1. The van der Waals surface area contributed by atoms with Crippen LogP contribution >= 0.6 is 11.8 Å². The maximum atomic E-state index is 11.3. The average Bonchev–Trinajstić information content (AvgIpc) is 2.25. The first-order valence-corrected chi connectivity index (χ1v) is 5.85. The van der Waals surface area contributed by atoms with Crippen LogP contribution in [-0.4, -0.2) is 42.6 Å². The Morgan fingerprint density at radius 3 is 2.50 bits per heavy atom. The SMILES string of the molecule is CCOC(=O)CS[C@H](C)C(=O)NC(=O)NC. The van der Waals surface area contributed by atoms with E-state index in [1.165, 1.54) is 7.05 Å². The van der Waals surface area contributed by atoms with Gasteiger partial charge in [0, 0.05) is 7.05 Å². The summed E-state index contributed by atoms with van der Waals surface area (Å²) in [6, 6.07) is -0.561. The molecule has 0 aromatic carbocycles. The number of thioether (sulfide) groups is 1. The Hall–Kier alpha value is -1.24. The summed E-state index contributed by atoms with van der Waals surface area (Å²) in [5.41, 5.74) is 0. The number of hydrogen-bond donors (Lipinski definition) is 2. The highest BCUT2D eigenvalue weighted by atomic mass is 32.2. The normalized spacial score (nSPS) is 11.4. The van der Waals surface area contributed by atoms with Crippen LogP contribution in [-0.2, 0) is 14.3 Å². The predicted octanol–water partition coefficient (Wildman–Crippen LogP) is 0.127. The quantitative estimate of drug-likeness (QED) is 0.675. The van der Waals surface area contributed by atoms with Crippen molar-refractivity contribution in [3.8, 4) is 0 Å². The van der Waals surface area contributed by atoms with Crippen LogP contribution in [0.25, 0.3) is 0 Å². The molecule has 0 fully saturated rings. The van der Waals surface area contributed by atoms with Crippen LogP contribution in [0, 0.1) is 0 Å². The number of amides is 3. The van der Waals surface area contributed by atoms with E-state index < -0.39 is 17.2 Å². The highest BCUT2D eigenvalue weighted by Crippen LogP contribution is 2.10. The zero-order valence-electron chi connectivity index (χ0n) is 9.53. The molecule has 7 heteroatoms. The maximum Gasteiger partial charge on any atom is 0.321 e. The summed E-state index contributed by atoms with van der Waals surface area (Å²) in [6.07, 6.45) is 0. The molecule has 0 spiro atoms. The number of ether oxygens (including phenoxy) is 1. The van der Waals surface area contributed by atoms with Crippen molar-refractivity contribution < 1.29 is 19.1 Å². The van der Waals surface area contributed by atoms with Gasteiger partial charge < -0.3 is 10.1 Å². The minimum Gasteiger partial charge on any atom is -0.465 e. The third kappa shape index (κ3) is 6.28. The second-order valence-electron chi connectivity index (χ2n) is 2.83. The first-order chi connectivity index (χ1) is 7.51. The molecule has 0 aromatic heterocycles. The number of esters is 1. The molecule has 0 aliphatic heterocycles. The van der Waals surface area contributed by atoms with Crippen molar-refractivity contribution in [1.82, 2.24) is 10.6 Å². The standard InChI is InChI=1S/C9H16N2O4S/c1-4-15-7(12)5-16-6(2)8(13)11-9(14)10-3/h6H,4-5H2,1-3H3,(H2,10,11,13,14)/t6-/m1/s1. The lowest BCUT2D eigenvalue weighted by Crippen LogP contribution is -2.41. The lowest BCUT2D eigenvalue weighted by molar-refractivity contribution is -0.139. The Labute approximate surface area is 98.5 Å². The van der Waals surface area contributed by atoms with E-state index in [0.717, 1.165) is 11.8 Å². The third-order valence-corrected chi connectivity index (χ3v) is 2.71. The zero-order chi connectivity index (χ0) is 12.6. The number of carbonyl (C=O) groups is 3. The summed E-state index contributed by atoms with van der Waals surface area (Å²) in [5.74, 6) is -0.711. The van der Waals surface area contributed by atoms with Crippen LogP contribution < -0.4 is 10.6 Å². The number of urea groups is 1. The number of carbonyl (C=O) groups excluding carboxylic acids is 3. The minimum atomic E-state index is -0.561. The molecule has 92 valence electrons. The lowest BCUT2D eigenvalue weighted by Gasteiger charge is -2.10. The Morgan fingerprint density at radius 1 is 1.38 bits per heavy atom. The van der Waals surface area contributed by atoms with Gasteiger partial charge in [-0.25, -0.2) is 4.79 Å². The summed E-state index contributed by atoms with van der Waals surface area (Å²) in [6.45, 7) is 3.64. The van der Waals surface area contributed by atoms with Crippen molar-refractivity contribution in [1.29, 1.82) is 0 Å². The molecule has 0 aromatic rings. The molecule has 0 unspecified atom stereocenters. The monoisotopic (exact) mass is 248 g/mol. The number of hydrogen-bond acceptors (Lipinski definition) is 5. The fraction of sp³-hybridized carbons (Fsp3) is 0.667. The van der Waals surface area contributed by atoms with E-state index in [1.807, 2.05) is 0 Å². The zero-order valence-corrected chi connectivity index (χ0v) is 10.3. The summed E-state index contributed by atoms with van der Waals surface area (Å²) in [5, 5.41) is 3.90. The van der Waals surface area contributed by atoms with Crippen molar-refractivity contribution in [2.45, 2.75) is 19.1 Å². The number of rotatable bonds is 5. The minimum absolute atomic E-state index is 0.0934. The molecule has 1 atom stereocenters. The van der Waals surface area contributed by atoms with E-state index in [1.54, 1.807) is 13.8 Å². The van der Waals surface area contributed by atoms with Crippen LogP contribution in [0.1, 0.15) is 13.8 Å². The predicted molar refractivity (Wildman–Crippen MR) is 61.2 cm³/mol. The van der Waals surface area contributed by atoms with Crippen LogP contribution in [0.2, 0.25) is 0 Å². The van der Waals surface area contributed by atoms with Crippen molar-refractivity contribution in [3.63, 3.8) is 0 Å². The Bertz CT molecular complexity index is 270. The first kappa shape index (κ1) is 14.8. The highest BCUT2D eigenvalue weighted by molar-refractivity contribution is 8.01. The Kier molecular flexibility index (Phi) is 7.36. The molecule has 0 bridgehead atoms. The van der Waals surface area contributed by atoms with Gasteiger partial charge in [0.15, 0.2) is 0 Å². The van der Waals surface area contributed by atoms with Crippen LogP contribution in [0.3, 0.4) is 0 Å². The van der Waals surface area contributed by atoms with E-state index >= 15 is 0 Å². The van der Waals surface area contributed by atoms with Gasteiger partial charge in [-0.15, -0.1) is 11.8 Å². The van der Waals surface area contributed by atoms with Crippen molar-refractivity contribution in [2.24, 2.45) is 0 Å². The highest BCUT2D eigenvalue weighted by Gasteiger charge is 2.17. The summed E-state index contributed by atoms with van der Waals surface area (Å²) in [4.78, 5) is 33.2. The van der Waals surface area contributed by atoms with Gasteiger partial charge in [-0.05, 0) is 13.8 Å². The molecule has 0 radical (unpaired) electrons. The topological polar surface area (TPSA) is 84.5 Å². The average molecular weight is 248 g/mol. The molecule has 6 nitrogen and oxygen atoms in total. The molecule has 3 amide bonds. The molecular formula is C9H16N2O4S. The van der Waals surface area contributed by atoms with E-state index in [0.29, 0.717) is 6.61 Å². The smallest absolute Gasteiger partial charge is 0.321 e. The molecule has 16 heavy (non-hydrogen) atoms. The Balaban J connectivity index is 3.87. The van der Waals surface area contributed by atoms with Gasteiger partial charge in [0.2, 0.25) is 5.91 Å². The van der Waals surface area contributed by atoms with Crippen LogP contribution in [0.15, 0.2) is 0 Å². The van der Waals surface area contributed by atoms with E-state index in [4.69, 9.17) is 4.74 Å². The molecule has 0 rings (SSSR count). The molecular weight excluding hydrogens is 232 g/mol. The second kappa shape index (κ2) is 7.98. The van der Waals surface area contributed by atoms with Crippen molar-refractivity contribution in [2.75, 3.05) is 19.4 Å². The van der Waals surface area contributed by atoms with E-state index in [9.17, 15) is 14.4 Å². The van der Waals surface area contributed by atoms with Crippen LogP contribution in [0.4, 0.5) is 4.79 Å². The molecule has 2 N–H and O–H groups in total. The summed E-state index contributed by atoms with van der Waals surface area (Å²) < 4.78 is 4.70. The molecule has 0 aliphatic carbocycles. The van der Waals surface area contributed by atoms with Gasteiger partial charge in [0.05, 0.1) is 17.6 Å². The fourth-order valence-electron chi connectivity index (χ4n) is 0.747. The van der Waals surface area contributed by atoms with Gasteiger partial charge in [-0.1, -0.05) is 0 Å². The van der Waals surface area contributed by atoms with Gasteiger partial charge >= 0.3 is 12.0 Å². The largest absolute Gasteiger partial charge is 0.465 e. The summed E-state index contributed by atoms with van der Waals surface area (Å²) >= 11 is 1.12. The molecule has 0 heterocycles. The first-order valence-electron chi connectivity index (χ1n) is 4.81. The maximum absolute atomic E-state index is 11.3. The molecule has 0 aliphatic rings. The number of nitrogens with one attached hydrogen (secondary N) is 2. The van der Waals surface area contributed by atoms with E-state index in [-0.39, 0.29) is 11.7 Å². The van der Waals surface area contributed by atoms with Gasteiger partial charge in [-0.3, -0.25) is 14.9 Å². The van der Waals surface area contributed by atoms with Crippen molar-refractivity contribution in [3.05, 3.63) is 0 Å². The van der Waals surface area contributed by atoms with E-state index in [2.05, 4.69) is 10.6 Å². The van der Waals surface area contributed by atoms with Gasteiger partial charge in [0.25, 0.3) is 0 Å². The molecule has 0 saturated carbocycles. The molecule has 0 saturated heterocycles. The second-order valence-corrected chi connectivity index (χ2v) is 4.16. The Morgan fingerprint density at radius 2 is 2.00 bits per heavy atom. The lowest BCUT2D eigenvalue weighted by atomic mass is 10.4.